The van der Waals surface area contributed by atoms with E-state index in [2.05, 4.69) is 60.9 Å². The molecule has 0 bridgehead atoms. The standard InChI is InChI=1S/C50H90NO10P/c1-3-5-7-9-11-13-15-17-19-21-22-23-24-26-28-30-32-34-36-38-40-42-49(53)61-46(44-59-62(56,57)60-45-47(51)50(54)55)43-58-48(52)41-39-37-35-33-31-29-27-25-20-18-16-14-12-10-8-6-4-2/h17-20,27,29,33,35,46-47H,3-16,21-26,28,30-32,34,36-45,51H2,1-2H3,(H,54,55)(H,56,57)/b19-17-,20-18-,29-27-,35-33-/t46-,47+/m1/s1. The first-order valence-electron chi connectivity index (χ1n) is 24.7. The summed E-state index contributed by atoms with van der Waals surface area (Å²) < 4.78 is 32.7. The minimum absolute atomic E-state index is 0.150. The van der Waals surface area contributed by atoms with Crippen LogP contribution in [0, 0.1) is 0 Å². The monoisotopic (exact) mass is 896 g/mol. The van der Waals surface area contributed by atoms with Gasteiger partial charge >= 0.3 is 25.7 Å². The Hall–Kier alpha value is -2.56. The third-order valence-electron chi connectivity index (χ3n) is 10.5. The molecule has 0 aliphatic carbocycles. The Labute approximate surface area is 377 Å². The van der Waals surface area contributed by atoms with Crippen LogP contribution in [0.4, 0.5) is 0 Å². The van der Waals surface area contributed by atoms with E-state index < -0.39 is 51.1 Å². The number of carbonyl (C=O) groups is 3. The molecule has 1 unspecified atom stereocenters. The van der Waals surface area contributed by atoms with Gasteiger partial charge in [0.05, 0.1) is 13.2 Å². The minimum atomic E-state index is -4.73. The van der Waals surface area contributed by atoms with Gasteiger partial charge in [0.25, 0.3) is 0 Å². The summed E-state index contributed by atoms with van der Waals surface area (Å²) in [5.41, 5.74) is 5.34. The molecule has 62 heavy (non-hydrogen) atoms. The zero-order valence-corrected chi connectivity index (χ0v) is 40.1. The van der Waals surface area contributed by atoms with Gasteiger partial charge in [0, 0.05) is 12.8 Å². The molecule has 3 atom stereocenters. The maximum atomic E-state index is 12.7. The largest absolute Gasteiger partial charge is 0.480 e. The number of nitrogens with two attached hydrogens (primary N) is 1. The Balaban J connectivity index is 4.33. The van der Waals surface area contributed by atoms with Gasteiger partial charge in [-0.15, -0.1) is 0 Å². The fraction of sp³-hybridized carbons (Fsp3) is 0.780. The first kappa shape index (κ1) is 59.4. The highest BCUT2D eigenvalue weighted by Gasteiger charge is 2.28. The summed E-state index contributed by atoms with van der Waals surface area (Å²) >= 11 is 0. The van der Waals surface area contributed by atoms with Crippen LogP contribution in [0.25, 0.3) is 0 Å². The highest BCUT2D eigenvalue weighted by atomic mass is 31.2. The van der Waals surface area contributed by atoms with Crippen LogP contribution in [0.2, 0.25) is 0 Å². The summed E-state index contributed by atoms with van der Waals surface area (Å²) in [6, 6.07) is -1.53. The minimum Gasteiger partial charge on any atom is -0.480 e. The van der Waals surface area contributed by atoms with E-state index in [1.807, 2.05) is 6.08 Å². The van der Waals surface area contributed by atoms with E-state index in [-0.39, 0.29) is 19.4 Å². The fourth-order valence-electron chi connectivity index (χ4n) is 6.66. The Morgan fingerprint density at radius 2 is 0.871 bits per heavy atom. The quantitative estimate of drug-likeness (QED) is 0.0230. The van der Waals surface area contributed by atoms with Gasteiger partial charge in [-0.05, 0) is 70.6 Å². The number of ether oxygens (including phenoxy) is 2. The molecule has 0 saturated carbocycles. The number of carbonyl (C=O) groups excluding carboxylic acids is 2. The van der Waals surface area contributed by atoms with Gasteiger partial charge in [-0.25, -0.2) is 4.57 Å². The number of unbranched alkanes of at least 4 members (excludes halogenated alkanes) is 24. The SMILES string of the molecule is CCCCCCCC/C=C\C/C=C\C/C=C\CCCC(=O)OC[C@H](COP(=O)(O)OC[C@H](N)C(=O)O)OC(=O)CCCCCCCCCCCCC/C=C\CCCCCCCC. The van der Waals surface area contributed by atoms with Crippen molar-refractivity contribution in [3.8, 4) is 0 Å². The molecule has 11 nitrogen and oxygen atoms in total. The maximum absolute atomic E-state index is 12.7. The number of carboxylic acids is 1. The smallest absolute Gasteiger partial charge is 0.472 e. The van der Waals surface area contributed by atoms with Crippen LogP contribution in [-0.2, 0) is 37.5 Å². The van der Waals surface area contributed by atoms with Crippen molar-refractivity contribution in [3.05, 3.63) is 48.6 Å². The summed E-state index contributed by atoms with van der Waals surface area (Å²) in [5, 5.41) is 8.91. The number of carboxylic acid groups (broad SMARTS) is 1. The molecule has 360 valence electrons. The molecule has 0 aliphatic rings. The van der Waals surface area contributed by atoms with Crippen LogP contribution in [0.3, 0.4) is 0 Å². The summed E-state index contributed by atoms with van der Waals surface area (Å²) in [4.78, 5) is 46.1. The third-order valence-corrected chi connectivity index (χ3v) is 11.5. The second kappa shape index (κ2) is 45.0. The van der Waals surface area contributed by atoms with Crippen molar-refractivity contribution in [1.82, 2.24) is 0 Å². The number of phosphoric acid groups is 1. The second-order valence-electron chi connectivity index (χ2n) is 16.6. The summed E-state index contributed by atoms with van der Waals surface area (Å²) in [6.45, 7) is 2.76. The lowest BCUT2D eigenvalue weighted by atomic mass is 10.0. The maximum Gasteiger partial charge on any atom is 0.472 e. The van der Waals surface area contributed by atoms with Crippen LogP contribution in [0.1, 0.15) is 219 Å². The predicted molar refractivity (Wildman–Crippen MR) is 254 cm³/mol. The topological polar surface area (TPSA) is 172 Å². The zero-order chi connectivity index (χ0) is 45.6. The van der Waals surface area contributed by atoms with Crippen molar-refractivity contribution in [3.63, 3.8) is 0 Å². The van der Waals surface area contributed by atoms with Gasteiger partial charge in [-0.1, -0.05) is 184 Å². The summed E-state index contributed by atoms with van der Waals surface area (Å²) in [5.74, 6) is -2.44. The van der Waals surface area contributed by atoms with Crippen molar-refractivity contribution in [2.24, 2.45) is 5.73 Å². The second-order valence-corrected chi connectivity index (χ2v) is 18.0. The lowest BCUT2D eigenvalue weighted by Crippen LogP contribution is -2.34. The van der Waals surface area contributed by atoms with Crippen LogP contribution in [0.15, 0.2) is 48.6 Å². The molecule has 0 rings (SSSR count). The normalized spacial score (nSPS) is 14.0. The first-order chi connectivity index (χ1) is 30.1. The number of rotatable bonds is 46. The first-order valence-corrected chi connectivity index (χ1v) is 26.2. The van der Waals surface area contributed by atoms with E-state index in [4.69, 9.17) is 24.8 Å². The number of hydrogen-bond donors (Lipinski definition) is 3. The van der Waals surface area contributed by atoms with Gasteiger partial charge in [0.2, 0.25) is 0 Å². The highest BCUT2D eigenvalue weighted by Crippen LogP contribution is 2.43. The van der Waals surface area contributed by atoms with Gasteiger partial charge in [0.15, 0.2) is 6.10 Å². The Morgan fingerprint density at radius 3 is 1.34 bits per heavy atom. The zero-order valence-electron chi connectivity index (χ0n) is 39.2. The van der Waals surface area contributed by atoms with E-state index in [9.17, 15) is 23.8 Å². The van der Waals surface area contributed by atoms with Gasteiger partial charge in [0.1, 0.15) is 12.6 Å². The van der Waals surface area contributed by atoms with Crippen molar-refractivity contribution < 1.29 is 47.5 Å². The molecule has 0 aromatic carbocycles. The molecule has 0 heterocycles. The number of aliphatic carboxylic acids is 1. The summed E-state index contributed by atoms with van der Waals surface area (Å²) in [6.07, 6.45) is 51.8. The number of allylic oxidation sites excluding steroid dienone is 8. The molecule has 0 aliphatic heterocycles. The van der Waals surface area contributed by atoms with Gasteiger partial charge < -0.3 is 25.2 Å². The lowest BCUT2D eigenvalue weighted by Gasteiger charge is -2.20. The van der Waals surface area contributed by atoms with Crippen molar-refractivity contribution >= 4 is 25.7 Å². The molecule has 0 amide bonds. The molecule has 0 spiro atoms. The van der Waals surface area contributed by atoms with E-state index in [0.29, 0.717) is 19.3 Å². The molecule has 0 fully saturated rings. The van der Waals surface area contributed by atoms with E-state index in [1.165, 1.54) is 135 Å². The van der Waals surface area contributed by atoms with Crippen LogP contribution in [0.5, 0.6) is 0 Å². The van der Waals surface area contributed by atoms with Crippen LogP contribution in [-0.4, -0.2) is 59.9 Å². The van der Waals surface area contributed by atoms with Crippen molar-refractivity contribution in [1.29, 1.82) is 0 Å². The van der Waals surface area contributed by atoms with Gasteiger partial charge in [-0.3, -0.25) is 23.4 Å². The molecular formula is C50H90NO10P. The van der Waals surface area contributed by atoms with E-state index >= 15 is 0 Å². The molecule has 0 saturated heterocycles. The molecule has 0 aromatic heterocycles. The summed E-state index contributed by atoms with van der Waals surface area (Å²) in [7, 11) is -4.73. The number of esters is 2. The van der Waals surface area contributed by atoms with E-state index in [1.54, 1.807) is 0 Å². The van der Waals surface area contributed by atoms with Crippen LogP contribution >= 0.6 is 7.82 Å². The molecular weight excluding hydrogens is 806 g/mol. The fourth-order valence-corrected chi connectivity index (χ4v) is 7.44. The average Bonchev–Trinajstić information content (AvgIpc) is 3.25. The third kappa shape index (κ3) is 44.1. The van der Waals surface area contributed by atoms with Crippen LogP contribution < -0.4 is 5.73 Å². The lowest BCUT2D eigenvalue weighted by molar-refractivity contribution is -0.161. The molecule has 0 radical (unpaired) electrons. The van der Waals surface area contributed by atoms with E-state index in [0.717, 1.165) is 38.5 Å². The average molecular weight is 896 g/mol. The Morgan fingerprint density at radius 1 is 0.500 bits per heavy atom. The number of phosphoric ester groups is 1. The molecule has 4 N–H and O–H groups in total. The number of hydrogen-bond acceptors (Lipinski definition) is 9. The Bertz CT molecular complexity index is 1240. The van der Waals surface area contributed by atoms with Crippen molar-refractivity contribution in [2.45, 2.75) is 231 Å². The van der Waals surface area contributed by atoms with Gasteiger partial charge in [-0.2, -0.15) is 0 Å². The van der Waals surface area contributed by atoms with Crippen molar-refractivity contribution in [2.75, 3.05) is 19.8 Å². The molecule has 0 aromatic rings. The molecule has 12 heteroatoms. The predicted octanol–water partition coefficient (Wildman–Crippen LogP) is 13.7. The Kier molecular flexibility index (Phi) is 43.2. The highest BCUT2D eigenvalue weighted by molar-refractivity contribution is 7.47.